The minimum absolute atomic E-state index is 0. The van der Waals surface area contributed by atoms with Gasteiger partial charge in [-0.3, -0.25) is 0 Å². The van der Waals surface area contributed by atoms with Gasteiger partial charge in [0.05, 0.1) is 0 Å². The second-order valence-corrected chi connectivity index (χ2v) is 0. The van der Waals surface area contributed by atoms with E-state index in [1.165, 1.54) is 0 Å². The fourth-order valence-corrected chi connectivity index (χ4v) is 0. The molecule has 0 fully saturated rings. The van der Waals surface area contributed by atoms with Crippen molar-refractivity contribution in [3.63, 3.8) is 0 Å². The molecule has 0 aliphatic rings. The van der Waals surface area contributed by atoms with Crippen LogP contribution in [0.15, 0.2) is 0 Å². The van der Waals surface area contributed by atoms with E-state index >= 15 is 0 Å². The normalized spacial score (nSPS) is 0. The maximum Gasteiger partial charge on any atom is 0 e. The van der Waals surface area contributed by atoms with Crippen molar-refractivity contribution >= 4 is 0 Å². The van der Waals surface area contributed by atoms with Crippen LogP contribution < -0.4 is 0 Å². The van der Waals surface area contributed by atoms with Gasteiger partial charge in [0, 0.05) is 287 Å². The van der Waals surface area contributed by atoms with Gasteiger partial charge < -0.3 is 0 Å². The average molecular weight is 931 g/mol. The second-order valence-electron chi connectivity index (χ2n) is 0. The maximum absolute atomic E-state index is 0. The number of hydrogen-bond acceptors (Lipinski definition) is 0. The molecule has 0 aromatic heterocycles. The molecule has 0 N–H and O–H groups in total. The Morgan fingerprint density at radius 1 is 0.200 bits per heavy atom. The third-order valence-corrected chi connectivity index (χ3v) is 0. The molecule has 0 saturated carbocycles. The molecule has 0 atom stereocenters. The summed E-state index contributed by atoms with van der Waals surface area (Å²) < 4.78 is 0. The van der Waals surface area contributed by atoms with Crippen molar-refractivity contribution in [3.8, 4) is 0 Å². The minimum Gasteiger partial charge on any atom is 0 e. The van der Waals surface area contributed by atoms with Crippen molar-refractivity contribution in [1.82, 2.24) is 0 Å². The van der Waals surface area contributed by atoms with E-state index in [1.54, 1.807) is 0 Å². The first-order valence-electron chi connectivity index (χ1n) is 0. The topological polar surface area (TPSA) is 0 Å². The summed E-state index contributed by atoms with van der Waals surface area (Å²) in [6.45, 7) is 0. The number of rotatable bonds is 0. The van der Waals surface area contributed by atoms with Gasteiger partial charge in [-0.05, 0) is 0 Å². The van der Waals surface area contributed by atoms with E-state index in [9.17, 15) is 0 Å². The molecule has 0 nitrogen and oxygen atoms in total. The molecule has 48 valence electrons. The van der Waals surface area contributed by atoms with Gasteiger partial charge in [0.25, 0.3) is 0 Å². The zero-order valence-electron chi connectivity index (χ0n) is 5.04. The van der Waals surface area contributed by atoms with Gasteiger partial charge >= 0.3 is 0 Å². The molecule has 0 aliphatic carbocycles. The fraction of sp³-hybridized carbons (Fsp3) is 0. The molecule has 0 unspecified atom stereocenters. The summed E-state index contributed by atoms with van der Waals surface area (Å²) in [5, 5.41) is 0. The van der Waals surface area contributed by atoms with E-state index in [2.05, 4.69) is 0 Å². The zero-order valence-corrected chi connectivity index (χ0v) is 29.8. The molecule has 0 amide bonds. The quantitative estimate of drug-likeness (QED) is 0.300. The van der Waals surface area contributed by atoms with Crippen LogP contribution in [0.25, 0.3) is 0 Å². The Kier molecular flexibility index (Phi) is 460. The van der Waals surface area contributed by atoms with E-state index < -0.39 is 0 Å². The van der Waals surface area contributed by atoms with Crippen LogP contribution in [0.4, 0.5) is 0 Å². The van der Waals surface area contributed by atoms with Crippen LogP contribution in [0.3, 0.4) is 0 Å². The van der Waals surface area contributed by atoms with E-state index in [1.807, 2.05) is 0 Å². The van der Waals surface area contributed by atoms with Gasteiger partial charge in [-0.25, -0.2) is 0 Å². The predicted molar refractivity (Wildman–Crippen MR) is 0 cm³/mol. The molecule has 0 bridgehead atoms. The van der Waals surface area contributed by atoms with Crippen LogP contribution in [-0.2, 0) is 287 Å². The molecule has 0 aromatic rings. The molecule has 0 saturated heterocycles. The molecule has 0 heterocycles. The molecule has 0 spiro atoms. The molecule has 10 radical (unpaired) electrons. The average Bonchev–Trinajstić information content (AvgIpc) is 0. The van der Waals surface area contributed by atoms with Crippen molar-refractivity contribution in [3.05, 3.63) is 0 Å². The smallest absolute Gasteiger partial charge is 0 e. The first kappa shape index (κ1) is 73.6. The molecular weight excluding hydrogens is 931 g/mol. The Balaban J connectivity index is 0. The van der Waals surface area contributed by atoms with Crippen LogP contribution in [0.5, 0.6) is 0 Å². The van der Waals surface area contributed by atoms with Gasteiger partial charge in [0.2, 0.25) is 0 Å². The Morgan fingerprint density at radius 2 is 0.200 bits per heavy atom. The first-order valence-corrected chi connectivity index (χ1v) is 0. The molecule has 10 heavy (non-hydrogen) atoms. The zero-order chi connectivity index (χ0) is 0. The Bertz CT molecular complexity index is 8.81. The monoisotopic (exact) mass is 931 g/mol. The molecule has 0 aromatic carbocycles. The first-order chi connectivity index (χ1) is 0. The largest absolute Gasteiger partial charge is 0 e. The van der Waals surface area contributed by atoms with E-state index in [0.717, 1.165) is 0 Å². The Morgan fingerprint density at radius 3 is 0.200 bits per heavy atom. The van der Waals surface area contributed by atoms with Crippen LogP contribution >= 0.6 is 0 Å². The van der Waals surface area contributed by atoms with Crippen LogP contribution in [0, 0.1) is 0 Å². The Labute approximate surface area is 278 Å². The third kappa shape index (κ3) is 52.6. The van der Waals surface area contributed by atoms with E-state index in [4.69, 9.17) is 0 Å². The summed E-state index contributed by atoms with van der Waals surface area (Å²) in [5.74, 6) is 0. The third-order valence-electron chi connectivity index (χ3n) is 0. The minimum atomic E-state index is 0. The van der Waals surface area contributed by atoms with Crippen molar-refractivity contribution < 1.29 is 287 Å². The van der Waals surface area contributed by atoms with Crippen LogP contribution in [0.2, 0.25) is 0 Å². The van der Waals surface area contributed by atoms with Gasteiger partial charge in [-0.1, -0.05) is 0 Å². The molecule has 0 rings (SSSR count). The van der Waals surface area contributed by atoms with E-state index in [0.29, 0.717) is 0 Å². The van der Waals surface area contributed by atoms with Crippen LogP contribution in [0.1, 0.15) is 0 Å². The molecular formula is Rh3Y7. The van der Waals surface area contributed by atoms with Crippen molar-refractivity contribution in [2.24, 2.45) is 0 Å². The summed E-state index contributed by atoms with van der Waals surface area (Å²) in [5.41, 5.74) is 0. The maximum atomic E-state index is 0. The van der Waals surface area contributed by atoms with Crippen molar-refractivity contribution in [2.75, 3.05) is 0 Å². The summed E-state index contributed by atoms with van der Waals surface area (Å²) in [6.07, 6.45) is 0. The van der Waals surface area contributed by atoms with E-state index in [-0.39, 0.29) is 287 Å². The van der Waals surface area contributed by atoms with Crippen molar-refractivity contribution in [1.29, 1.82) is 0 Å². The van der Waals surface area contributed by atoms with Crippen molar-refractivity contribution in [2.45, 2.75) is 0 Å². The molecule has 10 heteroatoms. The predicted octanol–water partition coefficient (Wildman–Crippen LogP) is -0.0250. The summed E-state index contributed by atoms with van der Waals surface area (Å²) >= 11 is 0. The second kappa shape index (κ2) is 62.5. The summed E-state index contributed by atoms with van der Waals surface area (Å²) in [6, 6.07) is 0. The summed E-state index contributed by atoms with van der Waals surface area (Å²) in [4.78, 5) is 0. The molecule has 0 aliphatic heterocycles. The Hall–Kier alpha value is 9.60. The summed E-state index contributed by atoms with van der Waals surface area (Å²) in [7, 11) is 0. The van der Waals surface area contributed by atoms with Crippen LogP contribution in [-0.4, -0.2) is 0 Å². The van der Waals surface area contributed by atoms with Gasteiger partial charge in [-0.15, -0.1) is 0 Å². The fourth-order valence-electron chi connectivity index (χ4n) is 0. The standard InChI is InChI=1S/3Rh.7Y. The van der Waals surface area contributed by atoms with Gasteiger partial charge in [0.15, 0.2) is 0 Å². The van der Waals surface area contributed by atoms with Gasteiger partial charge in [0.1, 0.15) is 0 Å². The van der Waals surface area contributed by atoms with Gasteiger partial charge in [-0.2, -0.15) is 0 Å². The SMILES string of the molecule is [Rh].[Rh].[Rh].[Y].[Y].[Y].[Y].[Y].[Y].[Y]. The number of hydrogen-bond donors (Lipinski definition) is 0.